The van der Waals surface area contributed by atoms with E-state index in [2.05, 4.69) is 0 Å². The molecule has 0 aliphatic carbocycles. The molecule has 0 rings (SSSR count). The van der Waals surface area contributed by atoms with Crippen LogP contribution in [0.4, 0.5) is 0 Å². The van der Waals surface area contributed by atoms with Gasteiger partial charge in [0, 0.05) is 64.6 Å². The van der Waals surface area contributed by atoms with Gasteiger partial charge in [0.1, 0.15) is 0 Å². The number of rotatable bonds is 3. The van der Waals surface area contributed by atoms with Crippen molar-refractivity contribution in [3.63, 3.8) is 0 Å². The van der Waals surface area contributed by atoms with Crippen molar-refractivity contribution < 1.29 is 10.2 Å². The minimum absolute atomic E-state index is 0. The van der Waals surface area contributed by atoms with Crippen LogP contribution in [0.1, 0.15) is 12.8 Å². The first kappa shape index (κ1) is 11.4. The van der Waals surface area contributed by atoms with Gasteiger partial charge in [-0.2, -0.15) is 0 Å². The Morgan fingerprint density at radius 3 is 1.29 bits per heavy atom. The van der Waals surface area contributed by atoms with Crippen molar-refractivity contribution >= 4 is 51.4 Å². The predicted molar refractivity (Wildman–Crippen MR) is 29.2 cm³/mol. The van der Waals surface area contributed by atoms with Crippen molar-refractivity contribution in [1.82, 2.24) is 0 Å². The average Bonchev–Trinajstić information content (AvgIpc) is 1.61. The van der Waals surface area contributed by atoms with E-state index >= 15 is 0 Å². The zero-order chi connectivity index (χ0) is 4.83. The van der Waals surface area contributed by atoms with Crippen molar-refractivity contribution in [3.05, 3.63) is 0 Å². The second-order valence-corrected chi connectivity index (χ2v) is 1.15. The molecule has 2 nitrogen and oxygen atoms in total. The molecule has 0 aromatic carbocycles. The molecule has 7 heavy (non-hydrogen) atoms. The Kier molecular flexibility index (Phi) is 17.1. The minimum Gasteiger partial charge on any atom is -0.396 e. The van der Waals surface area contributed by atoms with E-state index in [0.717, 1.165) is 12.8 Å². The van der Waals surface area contributed by atoms with Gasteiger partial charge in [-0.15, -0.1) is 0 Å². The number of unbranched alkanes of at least 4 members (excludes halogenated alkanes) is 1. The molecule has 39 valence electrons. The molecule has 0 atom stereocenters. The summed E-state index contributed by atoms with van der Waals surface area (Å²) in [6.07, 6.45) is 1.44. The molecule has 0 aliphatic heterocycles. The number of aliphatic hydroxyl groups is 2. The summed E-state index contributed by atoms with van der Waals surface area (Å²) >= 11 is 0. The zero-order valence-electron chi connectivity index (χ0n) is 4.72. The molecular weight excluding hydrogens is 119 g/mol. The van der Waals surface area contributed by atoms with Gasteiger partial charge < -0.3 is 10.2 Å². The Hall–Kier alpha value is 1.56. The smallest absolute Gasteiger partial charge is 0.0431 e. The molecule has 0 amide bonds. The van der Waals surface area contributed by atoms with Crippen LogP contribution in [0.3, 0.4) is 0 Å². The van der Waals surface area contributed by atoms with Crippen molar-refractivity contribution in [2.75, 3.05) is 13.2 Å². The second kappa shape index (κ2) is 10.5. The van der Waals surface area contributed by atoms with E-state index < -0.39 is 0 Å². The molecule has 0 spiro atoms. The van der Waals surface area contributed by atoms with Crippen LogP contribution in [0.15, 0.2) is 0 Å². The first-order valence-electron chi connectivity index (χ1n) is 2.13. The summed E-state index contributed by atoms with van der Waals surface area (Å²) in [6.45, 7) is 0.390. The summed E-state index contributed by atoms with van der Waals surface area (Å²) in [4.78, 5) is 0. The number of hydrogen-bond acceptors (Lipinski definition) is 2. The molecule has 0 aliphatic rings. The molecule has 0 saturated heterocycles. The van der Waals surface area contributed by atoms with E-state index in [-0.39, 0.29) is 64.6 Å². The summed E-state index contributed by atoms with van der Waals surface area (Å²) in [6, 6.07) is 0. The second-order valence-electron chi connectivity index (χ2n) is 1.15. The third-order valence-electron chi connectivity index (χ3n) is 0.566. The van der Waals surface area contributed by atoms with Gasteiger partial charge in [-0.05, 0) is 12.8 Å². The maximum absolute atomic E-state index is 8.09. The summed E-state index contributed by atoms with van der Waals surface area (Å²) in [7, 11) is 0. The topological polar surface area (TPSA) is 40.5 Å². The average molecular weight is 129 g/mol. The van der Waals surface area contributed by atoms with Gasteiger partial charge in [0.05, 0.1) is 0 Å². The first-order chi connectivity index (χ1) is 2.91. The van der Waals surface area contributed by atoms with Gasteiger partial charge in [0.2, 0.25) is 0 Å². The van der Waals surface area contributed by atoms with Gasteiger partial charge in [0.15, 0.2) is 0 Å². The Morgan fingerprint density at radius 1 is 0.857 bits per heavy atom. The van der Waals surface area contributed by atoms with Gasteiger partial charge in [-0.1, -0.05) is 0 Å². The summed E-state index contributed by atoms with van der Waals surface area (Å²) < 4.78 is 0. The standard InChI is InChI=1S/C4H10O2.K/c5-3-1-2-4-6;/h5-6H,1-4H2;. The molecule has 0 bridgehead atoms. The first-order valence-corrected chi connectivity index (χ1v) is 2.13. The van der Waals surface area contributed by atoms with Crippen LogP contribution >= 0.6 is 0 Å². The summed E-state index contributed by atoms with van der Waals surface area (Å²) in [5.41, 5.74) is 0. The van der Waals surface area contributed by atoms with E-state index in [1.165, 1.54) is 0 Å². The van der Waals surface area contributed by atoms with E-state index in [4.69, 9.17) is 10.2 Å². The van der Waals surface area contributed by atoms with Crippen molar-refractivity contribution in [1.29, 1.82) is 0 Å². The molecule has 0 saturated carbocycles. The van der Waals surface area contributed by atoms with E-state index in [1.807, 2.05) is 0 Å². The van der Waals surface area contributed by atoms with Gasteiger partial charge >= 0.3 is 0 Å². The normalized spacial score (nSPS) is 7.71. The van der Waals surface area contributed by atoms with Crippen LogP contribution in [-0.2, 0) is 0 Å². The zero-order valence-corrected chi connectivity index (χ0v) is 7.85. The van der Waals surface area contributed by atoms with Crippen molar-refractivity contribution in [2.24, 2.45) is 0 Å². The summed E-state index contributed by atoms with van der Waals surface area (Å²) in [5.74, 6) is 0. The van der Waals surface area contributed by atoms with Gasteiger partial charge in [-0.25, -0.2) is 0 Å². The molecule has 0 unspecified atom stereocenters. The van der Waals surface area contributed by atoms with Crippen LogP contribution in [0.25, 0.3) is 0 Å². The Balaban J connectivity index is 0. The monoisotopic (exact) mass is 129 g/mol. The molecule has 2 N–H and O–H groups in total. The van der Waals surface area contributed by atoms with Crippen molar-refractivity contribution in [3.8, 4) is 0 Å². The quantitative estimate of drug-likeness (QED) is 0.393. The Labute approximate surface area is 86.3 Å². The molecular formula is C4H10KO2. The molecule has 1 radical (unpaired) electrons. The van der Waals surface area contributed by atoms with E-state index in [1.54, 1.807) is 0 Å². The fraction of sp³-hybridized carbons (Fsp3) is 1.00. The predicted octanol–water partition coefficient (Wildman–Crippen LogP) is -0.630. The fourth-order valence-corrected chi connectivity index (χ4v) is 0.224. The largest absolute Gasteiger partial charge is 0.396 e. The van der Waals surface area contributed by atoms with Crippen molar-refractivity contribution in [2.45, 2.75) is 12.8 Å². The van der Waals surface area contributed by atoms with Crippen LogP contribution < -0.4 is 0 Å². The van der Waals surface area contributed by atoms with Crippen LogP contribution in [-0.4, -0.2) is 74.8 Å². The minimum atomic E-state index is 0. The van der Waals surface area contributed by atoms with Crippen LogP contribution in [0, 0.1) is 0 Å². The number of aliphatic hydroxyl groups excluding tert-OH is 2. The molecule has 0 heterocycles. The molecule has 0 fully saturated rings. The van der Waals surface area contributed by atoms with Gasteiger partial charge in [-0.3, -0.25) is 0 Å². The third-order valence-corrected chi connectivity index (χ3v) is 0.566. The molecule has 0 aromatic heterocycles. The van der Waals surface area contributed by atoms with Crippen LogP contribution in [0.5, 0.6) is 0 Å². The third kappa shape index (κ3) is 11.2. The Morgan fingerprint density at radius 2 is 1.14 bits per heavy atom. The van der Waals surface area contributed by atoms with Gasteiger partial charge in [0.25, 0.3) is 0 Å². The Bertz CT molecular complexity index is 21.7. The summed E-state index contributed by atoms with van der Waals surface area (Å²) in [5, 5.41) is 16.2. The maximum atomic E-state index is 8.09. The van der Waals surface area contributed by atoms with Crippen LogP contribution in [0.2, 0.25) is 0 Å². The SMILES string of the molecule is OCCCCO.[K]. The number of hydrogen-bond donors (Lipinski definition) is 2. The molecule has 0 aromatic rings. The molecule has 3 heteroatoms. The van der Waals surface area contributed by atoms with E-state index in [0.29, 0.717) is 0 Å². The maximum Gasteiger partial charge on any atom is 0.0431 e. The fourth-order valence-electron chi connectivity index (χ4n) is 0.224. The van der Waals surface area contributed by atoms with E-state index in [9.17, 15) is 0 Å².